The molecule has 3 aromatic rings. The molecule has 1 N–H and O–H groups in total. The van der Waals surface area contributed by atoms with Crippen molar-refractivity contribution in [1.82, 2.24) is 14.7 Å². The number of methoxy groups -OCH3 is 1. The highest BCUT2D eigenvalue weighted by Gasteiger charge is 2.20. The highest BCUT2D eigenvalue weighted by Crippen LogP contribution is 2.24. The standard InChI is InChI=1S/C24H23FN4O3/c1-32-16-23(30)27-21-14-26-29(15-21)22-4-2-3-19(13-22)24(31)28-11-9-18(10-12-28)17-5-7-20(25)8-6-17/h2-9,13-15H,10-12,16H2,1H3,(H,27,30). The summed E-state index contributed by atoms with van der Waals surface area (Å²) in [6, 6.07) is 13.6. The van der Waals surface area contributed by atoms with Crippen molar-refractivity contribution in [1.29, 1.82) is 0 Å². The second kappa shape index (κ2) is 9.57. The molecule has 0 atom stereocenters. The van der Waals surface area contributed by atoms with Crippen molar-refractivity contribution in [2.45, 2.75) is 6.42 Å². The van der Waals surface area contributed by atoms with Crippen LogP contribution in [0, 0.1) is 5.82 Å². The van der Waals surface area contributed by atoms with Crippen molar-refractivity contribution in [3.05, 3.63) is 83.9 Å². The topological polar surface area (TPSA) is 76.5 Å². The van der Waals surface area contributed by atoms with E-state index in [9.17, 15) is 14.0 Å². The molecule has 164 valence electrons. The highest BCUT2D eigenvalue weighted by molar-refractivity contribution is 5.95. The van der Waals surface area contributed by atoms with Crippen LogP contribution in [0.3, 0.4) is 0 Å². The van der Waals surface area contributed by atoms with Gasteiger partial charge in [-0.1, -0.05) is 24.3 Å². The number of anilines is 1. The van der Waals surface area contributed by atoms with Crippen LogP contribution in [0.15, 0.2) is 67.0 Å². The van der Waals surface area contributed by atoms with Crippen LogP contribution in [-0.4, -0.2) is 53.3 Å². The van der Waals surface area contributed by atoms with E-state index in [1.165, 1.54) is 25.4 Å². The number of nitrogens with zero attached hydrogens (tertiary/aromatic N) is 3. The number of aromatic nitrogens is 2. The van der Waals surface area contributed by atoms with Crippen molar-refractivity contribution in [3.8, 4) is 5.69 Å². The molecule has 1 aliphatic heterocycles. The van der Waals surface area contributed by atoms with Gasteiger partial charge in [-0.2, -0.15) is 5.10 Å². The molecular formula is C24H23FN4O3. The smallest absolute Gasteiger partial charge is 0.254 e. The first-order valence-corrected chi connectivity index (χ1v) is 10.2. The second-order valence-corrected chi connectivity index (χ2v) is 7.44. The number of hydrogen-bond donors (Lipinski definition) is 1. The number of rotatable bonds is 6. The van der Waals surface area contributed by atoms with E-state index in [2.05, 4.69) is 10.4 Å². The fourth-order valence-electron chi connectivity index (χ4n) is 3.60. The molecule has 1 aromatic heterocycles. The fraction of sp³-hybridized carbons (Fsp3) is 0.208. The zero-order valence-corrected chi connectivity index (χ0v) is 17.6. The molecule has 0 bridgehead atoms. The number of amides is 2. The minimum Gasteiger partial charge on any atom is -0.375 e. The first kappa shape index (κ1) is 21.5. The van der Waals surface area contributed by atoms with Crippen molar-refractivity contribution in [3.63, 3.8) is 0 Å². The van der Waals surface area contributed by atoms with Gasteiger partial charge in [-0.25, -0.2) is 9.07 Å². The van der Waals surface area contributed by atoms with Crippen LogP contribution in [0.5, 0.6) is 0 Å². The van der Waals surface area contributed by atoms with E-state index in [0.29, 0.717) is 36.4 Å². The largest absolute Gasteiger partial charge is 0.375 e. The summed E-state index contributed by atoms with van der Waals surface area (Å²) in [5.41, 5.74) is 3.90. The maximum atomic E-state index is 13.2. The Balaban J connectivity index is 1.44. The lowest BCUT2D eigenvalue weighted by molar-refractivity contribution is -0.119. The molecule has 32 heavy (non-hydrogen) atoms. The molecule has 2 heterocycles. The average molecular weight is 434 g/mol. The van der Waals surface area contributed by atoms with Gasteiger partial charge in [0.1, 0.15) is 12.4 Å². The first-order chi connectivity index (χ1) is 15.5. The Morgan fingerprint density at radius 2 is 2.00 bits per heavy atom. The van der Waals surface area contributed by atoms with E-state index in [1.807, 2.05) is 12.1 Å². The third-order valence-electron chi connectivity index (χ3n) is 5.21. The third-order valence-corrected chi connectivity index (χ3v) is 5.21. The average Bonchev–Trinajstić information content (AvgIpc) is 3.28. The van der Waals surface area contributed by atoms with Crippen LogP contribution < -0.4 is 5.32 Å². The number of ether oxygens (including phenoxy) is 1. The SMILES string of the molecule is COCC(=O)Nc1cnn(-c2cccc(C(=O)N3CC=C(c4ccc(F)cc4)CC3)c2)c1. The highest BCUT2D eigenvalue weighted by atomic mass is 19.1. The van der Waals surface area contributed by atoms with Crippen LogP contribution in [0.4, 0.5) is 10.1 Å². The Kier molecular flexibility index (Phi) is 6.42. The van der Waals surface area contributed by atoms with Gasteiger partial charge in [0, 0.05) is 25.8 Å². The normalized spacial score (nSPS) is 13.6. The lowest BCUT2D eigenvalue weighted by Gasteiger charge is -2.27. The molecular weight excluding hydrogens is 411 g/mol. The molecule has 2 amide bonds. The summed E-state index contributed by atoms with van der Waals surface area (Å²) >= 11 is 0. The molecule has 4 rings (SSSR count). The minimum absolute atomic E-state index is 0.0394. The summed E-state index contributed by atoms with van der Waals surface area (Å²) in [5, 5.41) is 6.96. The van der Waals surface area contributed by atoms with E-state index in [-0.39, 0.29) is 24.2 Å². The molecule has 0 fully saturated rings. The number of carbonyl (C=O) groups excluding carboxylic acids is 2. The van der Waals surface area contributed by atoms with Gasteiger partial charge in [0.2, 0.25) is 5.91 Å². The van der Waals surface area contributed by atoms with Gasteiger partial charge in [-0.15, -0.1) is 0 Å². The Morgan fingerprint density at radius 1 is 1.19 bits per heavy atom. The summed E-state index contributed by atoms with van der Waals surface area (Å²) in [5.74, 6) is -0.598. The Labute approximate surface area is 185 Å². The Hall–Kier alpha value is -3.78. The van der Waals surface area contributed by atoms with Crippen molar-refractivity contribution < 1.29 is 18.7 Å². The molecule has 0 aliphatic carbocycles. The molecule has 1 aliphatic rings. The van der Waals surface area contributed by atoms with E-state index in [0.717, 1.165) is 11.1 Å². The van der Waals surface area contributed by atoms with Gasteiger partial charge in [-0.3, -0.25) is 9.59 Å². The number of hydrogen-bond acceptors (Lipinski definition) is 4. The summed E-state index contributed by atoms with van der Waals surface area (Å²) in [6.45, 7) is 1.04. The van der Waals surface area contributed by atoms with E-state index in [4.69, 9.17) is 4.74 Å². The van der Waals surface area contributed by atoms with E-state index in [1.54, 1.807) is 46.1 Å². The van der Waals surface area contributed by atoms with E-state index < -0.39 is 0 Å². The third kappa shape index (κ3) is 4.92. The van der Waals surface area contributed by atoms with Crippen LogP contribution in [-0.2, 0) is 9.53 Å². The molecule has 0 unspecified atom stereocenters. The lowest BCUT2D eigenvalue weighted by atomic mass is 9.99. The molecule has 7 nitrogen and oxygen atoms in total. The number of carbonyl (C=O) groups is 2. The van der Waals surface area contributed by atoms with Gasteiger partial charge < -0.3 is 15.0 Å². The predicted octanol–water partition coefficient (Wildman–Crippen LogP) is 3.53. The Bertz CT molecular complexity index is 1150. The summed E-state index contributed by atoms with van der Waals surface area (Å²) in [6.07, 6.45) is 5.94. The number of benzene rings is 2. The van der Waals surface area contributed by atoms with E-state index >= 15 is 0 Å². The van der Waals surface area contributed by atoms with Crippen LogP contribution in [0.1, 0.15) is 22.3 Å². The summed E-state index contributed by atoms with van der Waals surface area (Å²) < 4.78 is 19.6. The Morgan fingerprint density at radius 3 is 2.72 bits per heavy atom. The van der Waals surface area contributed by atoms with Gasteiger partial charge in [-0.05, 0) is 47.9 Å². The fourth-order valence-corrected chi connectivity index (χ4v) is 3.60. The van der Waals surface area contributed by atoms with Gasteiger partial charge in [0.05, 0.1) is 23.8 Å². The van der Waals surface area contributed by atoms with Crippen LogP contribution in [0.25, 0.3) is 11.3 Å². The monoisotopic (exact) mass is 434 g/mol. The lowest BCUT2D eigenvalue weighted by Crippen LogP contribution is -2.34. The maximum absolute atomic E-state index is 13.2. The molecule has 2 aromatic carbocycles. The van der Waals surface area contributed by atoms with Gasteiger partial charge in [0.15, 0.2) is 0 Å². The van der Waals surface area contributed by atoms with Crippen molar-refractivity contribution >= 4 is 23.1 Å². The summed E-state index contributed by atoms with van der Waals surface area (Å²) in [4.78, 5) is 26.5. The van der Waals surface area contributed by atoms with Crippen molar-refractivity contribution in [2.75, 3.05) is 32.1 Å². The molecule has 0 saturated heterocycles. The van der Waals surface area contributed by atoms with Crippen LogP contribution >= 0.6 is 0 Å². The second-order valence-electron chi connectivity index (χ2n) is 7.44. The first-order valence-electron chi connectivity index (χ1n) is 10.2. The zero-order valence-electron chi connectivity index (χ0n) is 17.6. The number of nitrogens with one attached hydrogen (secondary N) is 1. The molecule has 8 heteroatoms. The van der Waals surface area contributed by atoms with Gasteiger partial charge in [0.25, 0.3) is 5.91 Å². The molecule has 0 saturated carbocycles. The van der Waals surface area contributed by atoms with Gasteiger partial charge >= 0.3 is 0 Å². The molecule has 0 spiro atoms. The number of halogens is 1. The predicted molar refractivity (Wildman–Crippen MR) is 119 cm³/mol. The molecule has 0 radical (unpaired) electrons. The van der Waals surface area contributed by atoms with Crippen LogP contribution in [0.2, 0.25) is 0 Å². The maximum Gasteiger partial charge on any atom is 0.254 e. The summed E-state index contributed by atoms with van der Waals surface area (Å²) in [7, 11) is 1.45. The minimum atomic E-state index is -0.269. The quantitative estimate of drug-likeness (QED) is 0.644. The zero-order chi connectivity index (χ0) is 22.5. The van der Waals surface area contributed by atoms with Crippen molar-refractivity contribution in [2.24, 2.45) is 0 Å².